The number of azo groups is 2. The van der Waals surface area contributed by atoms with E-state index in [4.69, 9.17) is 11.8 Å². The largest absolute Gasteiger partial charge is 0.506 e. The molecule has 0 fully saturated rings. The van der Waals surface area contributed by atoms with Crippen molar-refractivity contribution in [2.45, 2.75) is 60.0 Å². The molecule has 55 heavy (non-hydrogen) atoms. The van der Waals surface area contributed by atoms with Crippen LogP contribution in [0, 0.1) is 65.8 Å². The Bertz CT molecular complexity index is 2210. The molecule has 0 unspecified atom stereocenters. The molecule has 4 aromatic rings. The Balaban J connectivity index is 0.000000373. The first-order valence-electron chi connectivity index (χ1n) is 15.9. The molecule has 1 radical (unpaired) electrons. The molecule has 289 valence electrons. The van der Waals surface area contributed by atoms with Gasteiger partial charge in [-0.3, -0.25) is 39.0 Å². The smallest absolute Gasteiger partial charge is 0.271 e. The Morgan fingerprint density at radius 2 is 1.13 bits per heavy atom. The minimum atomic E-state index is -0.638. The first kappa shape index (κ1) is 44.2. The topological polar surface area (TPSA) is 289 Å². The molecule has 4 rings (SSSR count). The van der Waals surface area contributed by atoms with E-state index in [9.17, 15) is 50.2 Å². The van der Waals surface area contributed by atoms with E-state index in [1.807, 2.05) is 6.07 Å². The van der Waals surface area contributed by atoms with E-state index in [0.717, 1.165) is 45.5 Å². The van der Waals surface area contributed by atoms with Crippen LogP contribution in [0.1, 0.15) is 41.5 Å². The van der Waals surface area contributed by atoms with Gasteiger partial charge in [-0.05, 0) is 57.4 Å². The Morgan fingerprint density at radius 1 is 0.727 bits per heavy atom. The predicted octanol–water partition coefficient (Wildman–Crippen LogP) is 7.01. The van der Waals surface area contributed by atoms with Crippen LogP contribution in [0.2, 0.25) is 0 Å². The van der Waals surface area contributed by atoms with Crippen molar-refractivity contribution in [2.24, 2.45) is 20.5 Å². The van der Waals surface area contributed by atoms with Gasteiger partial charge in [0.25, 0.3) is 22.5 Å². The number of phenols is 2. The van der Waals surface area contributed by atoms with E-state index in [1.165, 1.54) is 0 Å². The molecule has 4 N–H and O–H groups in total. The fourth-order valence-electron chi connectivity index (χ4n) is 4.76. The first-order chi connectivity index (χ1) is 25.5. The summed E-state index contributed by atoms with van der Waals surface area (Å²) >= 11 is 0. The van der Waals surface area contributed by atoms with Crippen LogP contribution in [-0.4, -0.2) is 46.0 Å². The van der Waals surface area contributed by atoms with Gasteiger partial charge in [0, 0.05) is 78.1 Å². The molecular formula is C34H34CoN10O10. The number of nitriles is 1. The summed E-state index contributed by atoms with van der Waals surface area (Å²) in [5.74, 6) is -1.47. The molecule has 0 aliphatic heterocycles. The van der Waals surface area contributed by atoms with E-state index in [-0.39, 0.29) is 88.5 Å². The quantitative estimate of drug-likeness (QED) is 0.0371. The summed E-state index contributed by atoms with van der Waals surface area (Å²) in [5, 5.41) is 86.2. The number of aromatic nitrogens is 2. The van der Waals surface area contributed by atoms with Gasteiger partial charge in [-0.2, -0.15) is 5.26 Å². The normalized spacial score (nSPS) is 10.7. The van der Waals surface area contributed by atoms with E-state index in [2.05, 4.69) is 25.3 Å². The standard InChI is InChI=1S/2C17H17N5O5.Co/c1-10-11(2)16(24)21(8-4-7-18-3)17(25)15(10)20-19-13-9-12(22(26)27)5-6-14(13)23;1-10-11(2)16(24)21(8-4-3-7-18)17(25)15(10)20-19-13-9-12(22(26)27)5-6-14(13)23;/h5-6,9,23,25H,4,7-8H2,1-2H3;5-6,9,23,25H,3-4,8H2,1-2H3;. The number of pyridine rings is 2. The van der Waals surface area contributed by atoms with Crippen LogP contribution in [0.5, 0.6) is 23.3 Å². The number of unbranched alkanes of at least 4 members (excludes halogenated alkanes) is 1. The van der Waals surface area contributed by atoms with Crippen LogP contribution in [-0.2, 0) is 29.9 Å². The zero-order valence-electron chi connectivity index (χ0n) is 29.8. The molecule has 2 heterocycles. The van der Waals surface area contributed by atoms with Crippen LogP contribution in [0.25, 0.3) is 4.85 Å². The Labute approximate surface area is 322 Å². The second-order valence-corrected chi connectivity index (χ2v) is 11.5. The Kier molecular flexibility index (Phi) is 15.9. The van der Waals surface area contributed by atoms with Crippen molar-refractivity contribution < 1.29 is 47.1 Å². The average Bonchev–Trinajstić information content (AvgIpc) is 3.14. The monoisotopic (exact) mass is 801 g/mol. The second-order valence-electron chi connectivity index (χ2n) is 11.5. The van der Waals surface area contributed by atoms with Crippen molar-refractivity contribution in [1.29, 1.82) is 5.26 Å². The maximum atomic E-state index is 12.3. The van der Waals surface area contributed by atoms with Crippen molar-refractivity contribution in [3.05, 3.63) is 111 Å². The minimum absolute atomic E-state index is 0. The summed E-state index contributed by atoms with van der Waals surface area (Å²) in [4.78, 5) is 48.3. The van der Waals surface area contributed by atoms with Crippen molar-refractivity contribution in [1.82, 2.24) is 9.13 Å². The summed E-state index contributed by atoms with van der Waals surface area (Å²) in [6, 6.07) is 8.54. The summed E-state index contributed by atoms with van der Waals surface area (Å²) in [7, 11) is 0. The van der Waals surface area contributed by atoms with Gasteiger partial charge in [0.1, 0.15) is 34.2 Å². The van der Waals surface area contributed by atoms with Gasteiger partial charge in [0.05, 0.1) is 15.9 Å². The van der Waals surface area contributed by atoms with Gasteiger partial charge in [0.2, 0.25) is 18.3 Å². The number of benzene rings is 2. The third-order valence-electron chi connectivity index (χ3n) is 8.08. The molecule has 0 atom stereocenters. The van der Waals surface area contributed by atoms with Crippen molar-refractivity contribution in [2.75, 3.05) is 6.54 Å². The fraction of sp³-hybridized carbons (Fsp3) is 0.294. The molecular weight excluding hydrogens is 767 g/mol. The van der Waals surface area contributed by atoms with Crippen LogP contribution in [0.4, 0.5) is 34.1 Å². The fourth-order valence-corrected chi connectivity index (χ4v) is 4.76. The van der Waals surface area contributed by atoms with Crippen LogP contribution >= 0.6 is 0 Å². The molecule has 20 nitrogen and oxygen atoms in total. The van der Waals surface area contributed by atoms with Gasteiger partial charge in [0.15, 0.2) is 0 Å². The van der Waals surface area contributed by atoms with Crippen LogP contribution in [0.15, 0.2) is 66.4 Å². The summed E-state index contributed by atoms with van der Waals surface area (Å²) in [5.41, 5.74) is -0.134. The molecule has 0 saturated carbocycles. The summed E-state index contributed by atoms with van der Waals surface area (Å²) in [6.07, 6.45) is 0.966. The zero-order chi connectivity index (χ0) is 40.3. The number of non-ortho nitro benzene ring substituents is 2. The maximum absolute atomic E-state index is 12.3. The first-order valence-corrected chi connectivity index (χ1v) is 15.9. The molecule has 0 amide bonds. The molecule has 0 aliphatic carbocycles. The number of nitrogens with zero attached hydrogens (tertiary/aromatic N) is 10. The van der Waals surface area contributed by atoms with Crippen LogP contribution < -0.4 is 11.1 Å². The number of phenolic OH excluding ortho intramolecular Hbond substituents is 2. The summed E-state index contributed by atoms with van der Waals surface area (Å²) < 4.78 is 2.20. The van der Waals surface area contributed by atoms with E-state index in [0.29, 0.717) is 35.1 Å². The number of rotatable bonds is 12. The molecule has 0 saturated heterocycles. The third kappa shape index (κ3) is 10.6. The second kappa shape index (κ2) is 19.7. The Morgan fingerprint density at radius 3 is 1.49 bits per heavy atom. The zero-order valence-corrected chi connectivity index (χ0v) is 30.8. The minimum Gasteiger partial charge on any atom is -0.506 e. The molecule has 21 heteroatoms. The van der Waals surface area contributed by atoms with Gasteiger partial charge < -0.3 is 25.3 Å². The van der Waals surface area contributed by atoms with E-state index >= 15 is 0 Å². The summed E-state index contributed by atoms with van der Waals surface area (Å²) in [6.45, 7) is 13.6. The number of nitro groups is 2. The Hall–Kier alpha value is -6.97. The maximum Gasteiger partial charge on any atom is 0.271 e. The number of hydrogen-bond acceptors (Lipinski definition) is 15. The molecule has 2 aromatic heterocycles. The van der Waals surface area contributed by atoms with Gasteiger partial charge in [-0.1, -0.05) is 0 Å². The van der Waals surface area contributed by atoms with Crippen molar-refractivity contribution in [3.8, 4) is 29.3 Å². The van der Waals surface area contributed by atoms with E-state index < -0.39 is 32.7 Å². The number of aromatic hydroxyl groups is 4. The molecule has 0 aliphatic rings. The van der Waals surface area contributed by atoms with Crippen molar-refractivity contribution in [3.63, 3.8) is 0 Å². The van der Waals surface area contributed by atoms with Gasteiger partial charge in [-0.25, -0.2) is 6.57 Å². The molecule has 2 aromatic carbocycles. The number of nitro benzene ring substituents is 2. The molecule has 0 bridgehead atoms. The van der Waals surface area contributed by atoms with Crippen LogP contribution in [0.3, 0.4) is 0 Å². The average molecular weight is 802 g/mol. The third-order valence-corrected chi connectivity index (χ3v) is 8.08. The van der Waals surface area contributed by atoms with Gasteiger partial charge in [-0.15, -0.1) is 20.5 Å². The SMILES string of the molecule is Cc1c(N=Nc2cc([N+](=O)[O-])ccc2O)c(O)n(CCCC#N)c(=O)c1C.[C-]#[N+]CCCn1c(O)c(N=Nc2cc([N+](=O)[O-])ccc2O)c(C)c(C)c1=O.[Co]. The number of hydrogen-bond donors (Lipinski definition) is 4. The van der Waals surface area contributed by atoms with Gasteiger partial charge >= 0.3 is 0 Å². The van der Waals surface area contributed by atoms with Crippen molar-refractivity contribution >= 4 is 34.1 Å². The predicted molar refractivity (Wildman–Crippen MR) is 192 cm³/mol. The van der Waals surface area contributed by atoms with E-state index in [1.54, 1.807) is 27.7 Å². The molecule has 0 spiro atoms.